The number of rotatable bonds is 0. The van der Waals surface area contributed by atoms with Crippen molar-refractivity contribution in [1.82, 2.24) is 14.7 Å². The van der Waals surface area contributed by atoms with Gasteiger partial charge in [-0.3, -0.25) is 0 Å². The summed E-state index contributed by atoms with van der Waals surface area (Å²) in [7, 11) is 5.67. The molecule has 0 atom stereocenters. The molecule has 0 aromatic heterocycles. The van der Waals surface area contributed by atoms with Crippen molar-refractivity contribution < 1.29 is 4.79 Å². The lowest BCUT2D eigenvalue weighted by Crippen LogP contribution is -2.50. The maximum absolute atomic E-state index is 11.4. The van der Waals surface area contributed by atoms with Gasteiger partial charge in [0.15, 0.2) is 0 Å². The van der Waals surface area contributed by atoms with E-state index in [2.05, 4.69) is 11.9 Å². The Morgan fingerprint density at radius 2 is 1.50 bits per heavy atom. The molecule has 14 heavy (non-hydrogen) atoms. The minimum Gasteiger partial charge on any atom is -0.331 e. The average Bonchev–Trinajstić information content (AvgIpc) is 2.21. The van der Waals surface area contributed by atoms with Gasteiger partial charge in [-0.1, -0.05) is 13.8 Å². The quantitative estimate of drug-likeness (QED) is 0.583. The second-order valence-corrected chi connectivity index (χ2v) is 3.47. The largest absolute Gasteiger partial charge is 0.331 e. The number of nitrogens with zero attached hydrogens (tertiary/aromatic N) is 3. The molecule has 1 fully saturated rings. The van der Waals surface area contributed by atoms with Gasteiger partial charge in [0, 0.05) is 40.3 Å². The van der Waals surface area contributed by atoms with Crippen LogP contribution in [-0.2, 0) is 0 Å². The first-order chi connectivity index (χ1) is 6.61. The molecule has 1 saturated heterocycles. The van der Waals surface area contributed by atoms with E-state index >= 15 is 0 Å². The fourth-order valence-corrected chi connectivity index (χ4v) is 1.28. The molecule has 2 amide bonds. The zero-order chi connectivity index (χ0) is 11.1. The van der Waals surface area contributed by atoms with Crippen LogP contribution in [-0.4, -0.2) is 68.1 Å². The molecule has 84 valence electrons. The monoisotopic (exact) mass is 201 g/mol. The number of hydrogen-bond acceptors (Lipinski definition) is 2. The van der Waals surface area contributed by atoms with Crippen molar-refractivity contribution in [3.63, 3.8) is 0 Å². The number of amides is 2. The summed E-state index contributed by atoms with van der Waals surface area (Å²) in [5.41, 5.74) is 0. The number of carbonyl (C=O) groups excluding carboxylic acids is 1. The third-order valence-corrected chi connectivity index (χ3v) is 2.16. The van der Waals surface area contributed by atoms with Crippen LogP contribution in [0.3, 0.4) is 0 Å². The summed E-state index contributed by atoms with van der Waals surface area (Å²) < 4.78 is 0. The second-order valence-electron chi connectivity index (χ2n) is 3.47. The van der Waals surface area contributed by atoms with Crippen LogP contribution in [0.5, 0.6) is 0 Å². The van der Waals surface area contributed by atoms with Gasteiger partial charge in [-0.05, 0) is 7.05 Å². The van der Waals surface area contributed by atoms with E-state index in [-0.39, 0.29) is 6.03 Å². The molecule has 0 saturated carbocycles. The first kappa shape index (κ1) is 13.2. The Labute approximate surface area is 87.5 Å². The molecular weight excluding hydrogens is 178 g/mol. The van der Waals surface area contributed by atoms with E-state index < -0.39 is 0 Å². The highest BCUT2D eigenvalue weighted by Crippen LogP contribution is 2.01. The molecule has 0 bridgehead atoms. The predicted molar refractivity (Wildman–Crippen MR) is 59.5 cm³/mol. The van der Waals surface area contributed by atoms with E-state index in [1.807, 2.05) is 18.7 Å². The number of urea groups is 1. The van der Waals surface area contributed by atoms with Crippen molar-refractivity contribution >= 4 is 6.03 Å². The van der Waals surface area contributed by atoms with Crippen LogP contribution in [0.2, 0.25) is 0 Å². The number of likely N-dealkylation sites (N-methyl/N-ethyl adjacent to an activating group) is 1. The van der Waals surface area contributed by atoms with Crippen molar-refractivity contribution in [3.8, 4) is 0 Å². The lowest BCUT2D eigenvalue weighted by molar-refractivity contribution is 0.135. The topological polar surface area (TPSA) is 26.8 Å². The second kappa shape index (κ2) is 6.65. The highest BCUT2D eigenvalue weighted by molar-refractivity contribution is 5.73. The van der Waals surface area contributed by atoms with Crippen LogP contribution < -0.4 is 0 Å². The summed E-state index contributed by atoms with van der Waals surface area (Å²) in [6, 6.07) is 0.128. The van der Waals surface area contributed by atoms with Crippen LogP contribution >= 0.6 is 0 Å². The Bertz CT molecular complexity index is 163. The van der Waals surface area contributed by atoms with Gasteiger partial charge in [0.25, 0.3) is 0 Å². The summed E-state index contributed by atoms with van der Waals surface area (Å²) in [5.74, 6) is 0. The van der Waals surface area contributed by atoms with Crippen molar-refractivity contribution in [3.05, 3.63) is 0 Å². The van der Waals surface area contributed by atoms with Crippen molar-refractivity contribution in [2.45, 2.75) is 13.8 Å². The zero-order valence-electron chi connectivity index (χ0n) is 10.1. The standard InChI is InChI=1S/C8H17N3O.C2H6/c1-9(2)8(12)11-6-4-10(3)5-7-11;1-2/h4-7H2,1-3H3;1-2H3. The van der Waals surface area contributed by atoms with E-state index in [0.29, 0.717) is 0 Å². The minimum absolute atomic E-state index is 0.128. The number of carbonyl (C=O) groups is 1. The zero-order valence-corrected chi connectivity index (χ0v) is 10.1. The molecule has 0 aromatic carbocycles. The van der Waals surface area contributed by atoms with Crippen LogP contribution in [0.25, 0.3) is 0 Å². The molecule has 0 radical (unpaired) electrons. The number of hydrogen-bond donors (Lipinski definition) is 0. The molecule has 0 aromatic rings. The summed E-state index contributed by atoms with van der Waals surface area (Å²) in [6.07, 6.45) is 0. The third kappa shape index (κ3) is 3.96. The van der Waals surface area contributed by atoms with Gasteiger partial charge < -0.3 is 14.7 Å². The van der Waals surface area contributed by atoms with Gasteiger partial charge in [-0.15, -0.1) is 0 Å². The Kier molecular flexibility index (Phi) is 6.28. The van der Waals surface area contributed by atoms with Crippen LogP contribution in [0.1, 0.15) is 13.8 Å². The first-order valence-electron chi connectivity index (χ1n) is 5.26. The lowest BCUT2D eigenvalue weighted by Gasteiger charge is -2.33. The smallest absolute Gasteiger partial charge is 0.319 e. The van der Waals surface area contributed by atoms with Crippen molar-refractivity contribution in [1.29, 1.82) is 0 Å². The summed E-state index contributed by atoms with van der Waals surface area (Å²) in [6.45, 7) is 7.68. The summed E-state index contributed by atoms with van der Waals surface area (Å²) >= 11 is 0. The summed E-state index contributed by atoms with van der Waals surface area (Å²) in [5, 5.41) is 0. The fraction of sp³-hybridized carbons (Fsp3) is 0.900. The lowest BCUT2D eigenvalue weighted by atomic mass is 10.3. The highest BCUT2D eigenvalue weighted by Gasteiger charge is 2.19. The van der Waals surface area contributed by atoms with Gasteiger partial charge in [0.05, 0.1) is 0 Å². The van der Waals surface area contributed by atoms with Gasteiger partial charge >= 0.3 is 6.03 Å². The molecule has 0 N–H and O–H groups in total. The van der Waals surface area contributed by atoms with Gasteiger partial charge in [-0.2, -0.15) is 0 Å². The van der Waals surface area contributed by atoms with Gasteiger partial charge in [-0.25, -0.2) is 4.79 Å². The van der Waals surface area contributed by atoms with E-state index in [0.717, 1.165) is 26.2 Å². The van der Waals surface area contributed by atoms with Gasteiger partial charge in [0.1, 0.15) is 0 Å². The first-order valence-corrected chi connectivity index (χ1v) is 5.26. The predicted octanol–water partition coefficient (Wildman–Crippen LogP) is 0.942. The molecule has 4 nitrogen and oxygen atoms in total. The van der Waals surface area contributed by atoms with E-state index in [1.165, 1.54) is 0 Å². The van der Waals surface area contributed by atoms with E-state index in [1.54, 1.807) is 19.0 Å². The molecule has 0 spiro atoms. The molecule has 1 aliphatic rings. The molecule has 0 unspecified atom stereocenters. The molecule has 1 aliphatic heterocycles. The van der Waals surface area contributed by atoms with Crippen LogP contribution in [0.4, 0.5) is 4.79 Å². The molecule has 4 heteroatoms. The maximum Gasteiger partial charge on any atom is 0.319 e. The van der Waals surface area contributed by atoms with Crippen LogP contribution in [0, 0.1) is 0 Å². The molecule has 0 aliphatic carbocycles. The Hall–Kier alpha value is -0.770. The van der Waals surface area contributed by atoms with Gasteiger partial charge in [0.2, 0.25) is 0 Å². The minimum atomic E-state index is 0.128. The maximum atomic E-state index is 11.4. The summed E-state index contributed by atoms with van der Waals surface area (Å²) in [4.78, 5) is 17.2. The molecular formula is C10H23N3O. The average molecular weight is 201 g/mol. The Morgan fingerprint density at radius 3 is 1.86 bits per heavy atom. The van der Waals surface area contributed by atoms with E-state index in [4.69, 9.17) is 0 Å². The fourth-order valence-electron chi connectivity index (χ4n) is 1.28. The van der Waals surface area contributed by atoms with Crippen molar-refractivity contribution in [2.75, 3.05) is 47.3 Å². The SMILES string of the molecule is CC.CN1CCN(C(=O)N(C)C)CC1. The van der Waals surface area contributed by atoms with Crippen molar-refractivity contribution in [2.24, 2.45) is 0 Å². The normalized spacial score (nSPS) is 17.1. The third-order valence-electron chi connectivity index (χ3n) is 2.16. The Balaban J connectivity index is 0.000000791. The molecule has 1 heterocycles. The Morgan fingerprint density at radius 1 is 1.07 bits per heavy atom. The molecule has 1 rings (SSSR count). The van der Waals surface area contributed by atoms with E-state index in [9.17, 15) is 4.79 Å². The highest BCUT2D eigenvalue weighted by atomic mass is 16.2. The van der Waals surface area contributed by atoms with Crippen LogP contribution in [0.15, 0.2) is 0 Å². The number of piperazine rings is 1.